The maximum absolute atomic E-state index is 5.49. The lowest BCUT2D eigenvalue weighted by Crippen LogP contribution is -2.02. The van der Waals surface area contributed by atoms with Crippen molar-refractivity contribution in [2.75, 3.05) is 6.54 Å². The zero-order valence-corrected chi connectivity index (χ0v) is 11.5. The van der Waals surface area contributed by atoms with E-state index in [9.17, 15) is 0 Å². The minimum absolute atomic E-state index is 0.653. The Balaban J connectivity index is 2.11. The van der Waals surface area contributed by atoms with Gasteiger partial charge >= 0.3 is 0 Å². The second-order valence-corrected chi connectivity index (χ2v) is 5.30. The maximum Gasteiger partial charge on any atom is 0.116 e. The van der Waals surface area contributed by atoms with Crippen molar-refractivity contribution in [1.29, 1.82) is 0 Å². The Morgan fingerprint density at radius 2 is 2.12 bits per heavy atom. The summed E-state index contributed by atoms with van der Waals surface area (Å²) in [4.78, 5) is 8.67. The van der Waals surface area contributed by atoms with Crippen LogP contribution >= 0.6 is 27.7 Å². The molecule has 5 heteroatoms. The van der Waals surface area contributed by atoms with Crippen LogP contribution in [-0.4, -0.2) is 16.5 Å². The molecule has 0 unspecified atom stereocenters. The summed E-state index contributed by atoms with van der Waals surface area (Å²) in [6, 6.07) is 7.92. The van der Waals surface area contributed by atoms with E-state index >= 15 is 0 Å². The van der Waals surface area contributed by atoms with Crippen molar-refractivity contribution in [3.8, 4) is 0 Å². The zero-order valence-electron chi connectivity index (χ0n) is 9.14. The standard InChI is InChI=1S/C12H12BrN3S/c13-10-2-1-7-15-12(10)17-11-4-3-9(5-6-14)8-16-11/h1-4,7-8H,5-6,14H2. The van der Waals surface area contributed by atoms with Crippen LogP contribution in [0.2, 0.25) is 0 Å². The van der Waals surface area contributed by atoms with Crippen molar-refractivity contribution in [1.82, 2.24) is 9.97 Å². The van der Waals surface area contributed by atoms with Gasteiger partial charge in [-0.3, -0.25) is 0 Å². The second-order valence-electron chi connectivity index (χ2n) is 3.44. The fourth-order valence-corrected chi connectivity index (χ4v) is 2.55. The van der Waals surface area contributed by atoms with Crippen molar-refractivity contribution in [2.24, 2.45) is 5.73 Å². The Morgan fingerprint density at radius 3 is 2.76 bits per heavy atom. The molecule has 2 rings (SSSR count). The van der Waals surface area contributed by atoms with E-state index in [0.717, 1.165) is 26.5 Å². The number of nitrogens with zero attached hydrogens (tertiary/aromatic N) is 2. The SMILES string of the molecule is NCCc1ccc(Sc2ncccc2Br)nc1. The molecule has 2 aromatic rings. The molecule has 0 radical (unpaired) electrons. The van der Waals surface area contributed by atoms with E-state index in [1.54, 1.807) is 18.0 Å². The Kier molecular flexibility index (Phi) is 4.53. The Hall–Kier alpha value is -0.910. The van der Waals surface area contributed by atoms with Crippen molar-refractivity contribution in [2.45, 2.75) is 16.5 Å². The molecule has 2 aromatic heterocycles. The molecule has 0 amide bonds. The highest BCUT2D eigenvalue weighted by molar-refractivity contribution is 9.10. The number of pyridine rings is 2. The summed E-state index contributed by atoms with van der Waals surface area (Å²) in [5.74, 6) is 0. The van der Waals surface area contributed by atoms with Gasteiger partial charge in [-0.05, 0) is 64.4 Å². The molecule has 0 spiro atoms. The van der Waals surface area contributed by atoms with Crippen LogP contribution in [0.25, 0.3) is 0 Å². The third-order valence-electron chi connectivity index (χ3n) is 2.16. The first-order valence-corrected chi connectivity index (χ1v) is 6.84. The lowest BCUT2D eigenvalue weighted by atomic mass is 10.2. The first-order chi connectivity index (χ1) is 8.29. The second kappa shape index (κ2) is 6.14. The molecule has 0 aromatic carbocycles. The fourth-order valence-electron chi connectivity index (χ4n) is 1.33. The van der Waals surface area contributed by atoms with Gasteiger partial charge < -0.3 is 5.73 Å². The van der Waals surface area contributed by atoms with E-state index in [1.807, 2.05) is 24.4 Å². The van der Waals surface area contributed by atoms with Gasteiger partial charge in [0.1, 0.15) is 10.1 Å². The van der Waals surface area contributed by atoms with Crippen LogP contribution in [0.4, 0.5) is 0 Å². The van der Waals surface area contributed by atoms with Crippen LogP contribution in [0.15, 0.2) is 51.2 Å². The summed E-state index contributed by atoms with van der Waals surface area (Å²) >= 11 is 5.01. The van der Waals surface area contributed by atoms with Gasteiger partial charge in [0, 0.05) is 12.4 Å². The summed E-state index contributed by atoms with van der Waals surface area (Å²) in [7, 11) is 0. The number of halogens is 1. The van der Waals surface area contributed by atoms with E-state index in [-0.39, 0.29) is 0 Å². The number of hydrogen-bond donors (Lipinski definition) is 1. The monoisotopic (exact) mass is 309 g/mol. The number of nitrogens with two attached hydrogens (primary N) is 1. The average molecular weight is 310 g/mol. The van der Waals surface area contributed by atoms with Crippen molar-refractivity contribution in [3.63, 3.8) is 0 Å². The molecule has 0 aliphatic heterocycles. The highest BCUT2D eigenvalue weighted by Crippen LogP contribution is 2.29. The zero-order chi connectivity index (χ0) is 12.1. The smallest absolute Gasteiger partial charge is 0.116 e. The fraction of sp³-hybridized carbons (Fsp3) is 0.167. The van der Waals surface area contributed by atoms with Crippen LogP contribution in [0.3, 0.4) is 0 Å². The molecule has 0 saturated carbocycles. The molecular formula is C12H12BrN3S. The third kappa shape index (κ3) is 3.52. The summed E-state index contributed by atoms with van der Waals surface area (Å²) in [6.45, 7) is 0.653. The van der Waals surface area contributed by atoms with E-state index in [2.05, 4.69) is 32.0 Å². The molecule has 17 heavy (non-hydrogen) atoms. The van der Waals surface area contributed by atoms with E-state index in [1.165, 1.54) is 0 Å². The minimum atomic E-state index is 0.653. The molecule has 0 saturated heterocycles. The summed E-state index contributed by atoms with van der Waals surface area (Å²) in [5, 5.41) is 1.86. The molecule has 0 atom stereocenters. The molecule has 0 bridgehead atoms. The van der Waals surface area contributed by atoms with Crippen LogP contribution < -0.4 is 5.73 Å². The molecular weight excluding hydrogens is 298 g/mol. The van der Waals surface area contributed by atoms with Crippen LogP contribution in [0.5, 0.6) is 0 Å². The average Bonchev–Trinajstić information content (AvgIpc) is 2.35. The number of rotatable bonds is 4. The van der Waals surface area contributed by atoms with E-state index in [0.29, 0.717) is 6.54 Å². The van der Waals surface area contributed by atoms with Crippen molar-refractivity contribution < 1.29 is 0 Å². The van der Waals surface area contributed by atoms with Gasteiger partial charge in [0.15, 0.2) is 0 Å². The van der Waals surface area contributed by atoms with Gasteiger partial charge in [0.2, 0.25) is 0 Å². The predicted molar refractivity (Wildman–Crippen MR) is 73.1 cm³/mol. The van der Waals surface area contributed by atoms with E-state index in [4.69, 9.17) is 5.73 Å². The summed E-state index contributed by atoms with van der Waals surface area (Å²) in [6.07, 6.45) is 4.51. The first kappa shape index (κ1) is 12.5. The quantitative estimate of drug-likeness (QED) is 0.943. The van der Waals surface area contributed by atoms with Gasteiger partial charge in [-0.2, -0.15) is 0 Å². The molecule has 3 nitrogen and oxygen atoms in total. The normalized spacial score (nSPS) is 10.5. The van der Waals surface area contributed by atoms with Gasteiger partial charge in [-0.1, -0.05) is 6.07 Å². The van der Waals surface area contributed by atoms with Crippen molar-refractivity contribution in [3.05, 3.63) is 46.7 Å². The number of hydrogen-bond acceptors (Lipinski definition) is 4. The number of aromatic nitrogens is 2. The molecule has 0 aliphatic rings. The van der Waals surface area contributed by atoms with Crippen LogP contribution in [0.1, 0.15) is 5.56 Å². The van der Waals surface area contributed by atoms with Gasteiger partial charge in [0.25, 0.3) is 0 Å². The minimum Gasteiger partial charge on any atom is -0.330 e. The Morgan fingerprint density at radius 1 is 1.24 bits per heavy atom. The summed E-state index contributed by atoms with van der Waals surface area (Å²) < 4.78 is 0.984. The first-order valence-electron chi connectivity index (χ1n) is 5.23. The highest BCUT2D eigenvalue weighted by atomic mass is 79.9. The Bertz CT molecular complexity index is 487. The van der Waals surface area contributed by atoms with Gasteiger partial charge in [0.05, 0.1) is 4.47 Å². The van der Waals surface area contributed by atoms with Crippen LogP contribution in [0, 0.1) is 0 Å². The lowest BCUT2D eigenvalue weighted by Gasteiger charge is -2.03. The molecule has 88 valence electrons. The topological polar surface area (TPSA) is 51.8 Å². The molecule has 2 heterocycles. The van der Waals surface area contributed by atoms with Gasteiger partial charge in [-0.25, -0.2) is 9.97 Å². The lowest BCUT2D eigenvalue weighted by molar-refractivity contribution is 0.944. The molecule has 0 fully saturated rings. The third-order valence-corrected chi connectivity index (χ3v) is 4.03. The summed E-state index contributed by atoms with van der Waals surface area (Å²) in [5.41, 5.74) is 6.66. The predicted octanol–water partition coefficient (Wildman–Crippen LogP) is 2.89. The van der Waals surface area contributed by atoms with E-state index < -0.39 is 0 Å². The van der Waals surface area contributed by atoms with Gasteiger partial charge in [-0.15, -0.1) is 0 Å². The maximum atomic E-state index is 5.49. The highest BCUT2D eigenvalue weighted by Gasteiger charge is 2.04. The molecule has 2 N–H and O–H groups in total. The van der Waals surface area contributed by atoms with Crippen molar-refractivity contribution >= 4 is 27.7 Å². The Labute approximate surface area is 113 Å². The van der Waals surface area contributed by atoms with Crippen LogP contribution in [-0.2, 0) is 6.42 Å². The molecule has 0 aliphatic carbocycles. The largest absolute Gasteiger partial charge is 0.330 e.